The summed E-state index contributed by atoms with van der Waals surface area (Å²) in [6, 6.07) is 8.20. The van der Waals surface area contributed by atoms with Crippen molar-refractivity contribution >= 4 is 39.9 Å². The summed E-state index contributed by atoms with van der Waals surface area (Å²) in [4.78, 5) is 24.9. The highest BCUT2D eigenvalue weighted by Crippen LogP contribution is 2.36. The molecular weight excluding hydrogens is 461 g/mol. The van der Waals surface area contributed by atoms with E-state index in [9.17, 15) is 9.18 Å². The number of fused-ring (bicyclic) bond motifs is 1. The highest BCUT2D eigenvalue weighted by Gasteiger charge is 2.29. The number of amides is 1. The first-order chi connectivity index (χ1) is 16.4. The van der Waals surface area contributed by atoms with Crippen molar-refractivity contribution in [3.8, 4) is 11.5 Å². The van der Waals surface area contributed by atoms with Gasteiger partial charge in [0, 0.05) is 18.0 Å². The summed E-state index contributed by atoms with van der Waals surface area (Å²) in [6.07, 6.45) is 3.20. The van der Waals surface area contributed by atoms with E-state index >= 15 is 0 Å². The average Bonchev–Trinajstić information content (AvgIpc) is 3.29. The second kappa shape index (κ2) is 10.4. The zero-order chi connectivity index (χ0) is 24.2. The summed E-state index contributed by atoms with van der Waals surface area (Å²) in [5.41, 5.74) is 0.805. The lowest BCUT2D eigenvalue weighted by Gasteiger charge is -2.26. The van der Waals surface area contributed by atoms with Gasteiger partial charge in [0.2, 0.25) is 5.91 Å². The molecule has 0 bridgehead atoms. The Morgan fingerprint density at radius 1 is 1.29 bits per heavy atom. The van der Waals surface area contributed by atoms with Crippen molar-refractivity contribution in [2.24, 2.45) is 0 Å². The van der Waals surface area contributed by atoms with E-state index in [1.54, 1.807) is 31.4 Å². The summed E-state index contributed by atoms with van der Waals surface area (Å²) in [5.74, 6) is 0.929. The minimum atomic E-state index is -0.565. The van der Waals surface area contributed by atoms with Crippen molar-refractivity contribution in [3.05, 3.63) is 47.5 Å². The minimum Gasteiger partial charge on any atom is -0.493 e. The van der Waals surface area contributed by atoms with Crippen LogP contribution < -0.4 is 14.8 Å². The van der Waals surface area contributed by atoms with Crippen LogP contribution in [0.4, 0.5) is 15.9 Å². The van der Waals surface area contributed by atoms with Gasteiger partial charge < -0.3 is 24.6 Å². The predicted octanol–water partition coefficient (Wildman–Crippen LogP) is 4.11. The van der Waals surface area contributed by atoms with E-state index < -0.39 is 5.82 Å². The number of anilines is 2. The van der Waals surface area contributed by atoms with Gasteiger partial charge in [-0.2, -0.15) is 0 Å². The molecule has 1 amide bonds. The van der Waals surface area contributed by atoms with E-state index in [0.717, 1.165) is 19.4 Å². The van der Waals surface area contributed by atoms with Crippen LogP contribution in [0, 0.1) is 5.82 Å². The molecule has 1 fully saturated rings. The van der Waals surface area contributed by atoms with Gasteiger partial charge in [-0.1, -0.05) is 17.7 Å². The Bertz CT molecular complexity index is 1190. The van der Waals surface area contributed by atoms with Crippen LogP contribution in [0.5, 0.6) is 11.5 Å². The largest absolute Gasteiger partial charge is 0.493 e. The molecule has 0 spiro atoms. The number of carbonyl (C=O) groups excluding carboxylic acids is 1. The maximum atomic E-state index is 14.4. The van der Waals surface area contributed by atoms with Gasteiger partial charge in [-0.25, -0.2) is 14.4 Å². The third kappa shape index (κ3) is 5.15. The number of halogens is 2. The number of rotatable bonds is 8. The maximum Gasteiger partial charge on any atom is 0.237 e. The van der Waals surface area contributed by atoms with Crippen LogP contribution in [-0.4, -0.2) is 72.6 Å². The molecule has 3 aromatic rings. The summed E-state index contributed by atoms with van der Waals surface area (Å²) in [6.45, 7) is 1.42. The van der Waals surface area contributed by atoms with Crippen molar-refractivity contribution in [3.63, 3.8) is 0 Å². The number of carbonyl (C=O) groups is 1. The van der Waals surface area contributed by atoms with Gasteiger partial charge >= 0.3 is 0 Å². The molecule has 8 nitrogen and oxygen atoms in total. The van der Waals surface area contributed by atoms with Crippen LogP contribution in [0.2, 0.25) is 5.02 Å². The number of nitrogens with zero attached hydrogens (tertiary/aromatic N) is 4. The molecule has 4 rings (SSSR count). The number of likely N-dealkylation sites (tertiary alicyclic amines) is 1. The number of hydrogen-bond acceptors (Lipinski definition) is 7. The lowest BCUT2D eigenvalue weighted by Crippen LogP contribution is -2.43. The van der Waals surface area contributed by atoms with E-state index in [4.69, 9.17) is 21.1 Å². The van der Waals surface area contributed by atoms with E-state index in [1.165, 1.54) is 12.4 Å². The molecule has 0 radical (unpaired) electrons. The van der Waals surface area contributed by atoms with Crippen molar-refractivity contribution in [1.82, 2.24) is 19.8 Å². The molecule has 0 unspecified atom stereocenters. The third-order valence-corrected chi connectivity index (χ3v) is 6.00. The van der Waals surface area contributed by atoms with E-state index in [-0.39, 0.29) is 22.7 Å². The molecule has 0 aliphatic carbocycles. The van der Waals surface area contributed by atoms with Crippen molar-refractivity contribution < 1.29 is 18.7 Å². The van der Waals surface area contributed by atoms with Gasteiger partial charge in [0.05, 0.1) is 35.9 Å². The Morgan fingerprint density at radius 3 is 2.88 bits per heavy atom. The number of methoxy groups -OCH3 is 1. The van der Waals surface area contributed by atoms with Crippen LogP contribution in [0.3, 0.4) is 0 Å². The molecule has 1 N–H and O–H groups in total. The van der Waals surface area contributed by atoms with Crippen molar-refractivity contribution in [1.29, 1.82) is 0 Å². The first kappa shape index (κ1) is 24.0. The highest BCUT2D eigenvalue weighted by atomic mass is 35.5. The Labute approximate surface area is 202 Å². The van der Waals surface area contributed by atoms with E-state index in [0.29, 0.717) is 41.4 Å². The molecule has 180 valence electrons. The van der Waals surface area contributed by atoms with E-state index in [1.807, 2.05) is 23.9 Å². The number of benzene rings is 2. The summed E-state index contributed by atoms with van der Waals surface area (Å²) < 4.78 is 26.1. The molecule has 1 aliphatic heterocycles. The van der Waals surface area contributed by atoms with Gasteiger partial charge in [0.15, 0.2) is 17.3 Å². The minimum absolute atomic E-state index is 0.0129. The molecule has 1 aliphatic rings. The number of hydrogen-bond donors (Lipinski definition) is 1. The van der Waals surface area contributed by atoms with Gasteiger partial charge in [-0.3, -0.25) is 4.79 Å². The Morgan fingerprint density at radius 2 is 2.12 bits per heavy atom. The monoisotopic (exact) mass is 487 g/mol. The van der Waals surface area contributed by atoms with Crippen LogP contribution in [-0.2, 0) is 4.79 Å². The molecule has 1 aromatic heterocycles. The molecule has 1 atom stereocenters. The molecule has 34 heavy (non-hydrogen) atoms. The van der Waals surface area contributed by atoms with Gasteiger partial charge in [0.1, 0.15) is 18.8 Å². The fourth-order valence-electron chi connectivity index (χ4n) is 4.05. The van der Waals surface area contributed by atoms with Gasteiger partial charge in [0.25, 0.3) is 0 Å². The maximum absolute atomic E-state index is 14.4. The lowest BCUT2D eigenvalue weighted by molar-refractivity contribution is -0.133. The Hall–Kier alpha value is -3.17. The average molecular weight is 488 g/mol. The quantitative estimate of drug-likeness (QED) is 0.512. The van der Waals surface area contributed by atoms with Crippen LogP contribution in [0.1, 0.15) is 12.8 Å². The summed E-state index contributed by atoms with van der Waals surface area (Å²) >= 11 is 5.91. The molecule has 2 heterocycles. The van der Waals surface area contributed by atoms with Crippen LogP contribution >= 0.6 is 11.6 Å². The molecule has 1 saturated heterocycles. The number of ether oxygens (including phenoxy) is 2. The molecule has 2 aromatic carbocycles. The summed E-state index contributed by atoms with van der Waals surface area (Å²) in [5, 5.41) is 3.64. The fourth-order valence-corrected chi connectivity index (χ4v) is 4.22. The van der Waals surface area contributed by atoms with Crippen LogP contribution in [0.15, 0.2) is 36.7 Å². The first-order valence-electron chi connectivity index (χ1n) is 11.0. The highest BCUT2D eigenvalue weighted by molar-refractivity contribution is 6.31. The Kier molecular flexibility index (Phi) is 7.33. The molecular formula is C24H27ClFN5O3. The second-order valence-corrected chi connectivity index (χ2v) is 8.81. The predicted molar refractivity (Wildman–Crippen MR) is 130 cm³/mol. The standard InChI is InChI=1S/C24H27ClFN5O3/c1-30(2)12-22(32)31-9-5-6-15(31)13-34-21-10-16-19(11-20(21)33-3)27-14-28-24(16)29-18-8-4-7-17(25)23(18)26/h4,7-8,10-11,14-15H,5-6,9,12-13H2,1-3H3,(H,27,28,29)/t15-/m0/s1. The number of aromatic nitrogens is 2. The zero-order valence-electron chi connectivity index (χ0n) is 19.3. The Balaban J connectivity index is 1.59. The molecule has 0 saturated carbocycles. The van der Waals surface area contributed by atoms with Crippen molar-refractivity contribution in [2.45, 2.75) is 18.9 Å². The van der Waals surface area contributed by atoms with Gasteiger partial charge in [-0.05, 0) is 45.1 Å². The lowest BCUT2D eigenvalue weighted by atomic mass is 10.2. The van der Waals surface area contributed by atoms with Crippen molar-refractivity contribution in [2.75, 3.05) is 46.2 Å². The fraction of sp³-hybridized carbons (Fsp3) is 0.375. The van der Waals surface area contributed by atoms with E-state index in [2.05, 4.69) is 15.3 Å². The van der Waals surface area contributed by atoms with Gasteiger partial charge in [-0.15, -0.1) is 0 Å². The number of likely N-dealkylation sites (N-methyl/N-ethyl adjacent to an activating group) is 1. The zero-order valence-corrected chi connectivity index (χ0v) is 20.1. The van der Waals surface area contributed by atoms with Crippen LogP contribution in [0.25, 0.3) is 10.9 Å². The first-order valence-corrected chi connectivity index (χ1v) is 11.4. The SMILES string of the molecule is COc1cc2ncnc(Nc3cccc(Cl)c3F)c2cc1OC[C@@H]1CCCN1C(=O)CN(C)C. The number of nitrogens with one attached hydrogen (secondary N) is 1. The second-order valence-electron chi connectivity index (χ2n) is 8.40. The normalized spacial score (nSPS) is 15.7. The third-order valence-electron chi connectivity index (χ3n) is 5.71. The summed E-state index contributed by atoms with van der Waals surface area (Å²) in [7, 11) is 5.31. The molecule has 10 heteroatoms. The topological polar surface area (TPSA) is 79.8 Å². The smallest absolute Gasteiger partial charge is 0.237 e.